The number of thiazole rings is 1. The van der Waals surface area contributed by atoms with E-state index >= 15 is 0 Å². The van der Waals surface area contributed by atoms with E-state index in [1.54, 1.807) is 24.3 Å². The maximum atomic E-state index is 13.4. The lowest BCUT2D eigenvalue weighted by Crippen LogP contribution is -2.19. The van der Waals surface area contributed by atoms with Crippen molar-refractivity contribution in [2.45, 2.75) is 18.5 Å². The molecule has 34 heavy (non-hydrogen) atoms. The smallest absolute Gasteiger partial charge is 0.416 e. The number of hydrogen-bond acceptors (Lipinski definition) is 4. The molecule has 3 aromatic carbocycles. The second-order valence-electron chi connectivity index (χ2n) is 7.15. The van der Waals surface area contributed by atoms with Crippen LogP contribution in [0.4, 0.5) is 26.3 Å². The first-order valence-electron chi connectivity index (χ1n) is 9.57. The van der Waals surface area contributed by atoms with Crippen molar-refractivity contribution in [3.63, 3.8) is 0 Å². The van der Waals surface area contributed by atoms with Crippen molar-refractivity contribution >= 4 is 27.5 Å². The number of para-hydroxylation sites is 1. The van der Waals surface area contributed by atoms with E-state index in [4.69, 9.17) is 4.74 Å². The van der Waals surface area contributed by atoms with Crippen LogP contribution in [0.15, 0.2) is 66.7 Å². The Morgan fingerprint density at radius 2 is 1.56 bits per heavy atom. The largest absolute Gasteiger partial charge is 0.478 e. The average molecular weight is 497 g/mol. The van der Waals surface area contributed by atoms with E-state index in [0.717, 1.165) is 41.7 Å². The Morgan fingerprint density at radius 1 is 0.882 bits per heavy atom. The molecule has 1 heterocycles. The fourth-order valence-electron chi connectivity index (χ4n) is 3.23. The number of aromatic nitrogens is 1. The van der Waals surface area contributed by atoms with Crippen LogP contribution in [0.2, 0.25) is 0 Å². The zero-order valence-electron chi connectivity index (χ0n) is 16.8. The van der Waals surface area contributed by atoms with Gasteiger partial charge in [0.25, 0.3) is 0 Å². The van der Waals surface area contributed by atoms with Crippen LogP contribution in [0, 0.1) is 0 Å². The number of rotatable bonds is 5. The van der Waals surface area contributed by atoms with Crippen molar-refractivity contribution in [3.8, 4) is 16.3 Å². The predicted molar refractivity (Wildman–Crippen MR) is 113 cm³/mol. The topological polar surface area (TPSA) is 59.4 Å². The van der Waals surface area contributed by atoms with Gasteiger partial charge in [0.1, 0.15) is 10.8 Å². The molecule has 11 heteroatoms. The van der Waals surface area contributed by atoms with E-state index in [2.05, 4.69) is 4.98 Å². The molecular formula is C23H13F6NO3S. The monoisotopic (exact) mass is 497 g/mol. The van der Waals surface area contributed by atoms with Crippen LogP contribution in [0.1, 0.15) is 22.8 Å². The Labute approximate surface area is 192 Å². The van der Waals surface area contributed by atoms with E-state index in [-0.39, 0.29) is 21.9 Å². The van der Waals surface area contributed by atoms with Gasteiger partial charge in [-0.3, -0.25) is 0 Å². The normalized spacial score (nSPS) is 13.1. The Kier molecular flexibility index (Phi) is 5.98. The van der Waals surface area contributed by atoms with Gasteiger partial charge >= 0.3 is 18.3 Å². The summed E-state index contributed by atoms with van der Waals surface area (Å²) in [7, 11) is 0. The number of hydrogen-bond donors (Lipinski definition) is 1. The minimum atomic E-state index is -4.72. The van der Waals surface area contributed by atoms with Gasteiger partial charge in [-0.2, -0.15) is 26.3 Å². The van der Waals surface area contributed by atoms with Crippen molar-refractivity contribution in [1.82, 2.24) is 4.98 Å². The standard InChI is InChI=1S/C23H13F6NO3S/c24-22(25,26)13-5-3-4-12(10-13)19(21(31)32)33-17-9-8-14(23(27,28)29)11-15(17)20-30-16-6-1-2-7-18(16)34-20/h1-11,19H,(H,31,32). The lowest BCUT2D eigenvalue weighted by molar-refractivity contribution is -0.146. The van der Waals surface area contributed by atoms with Crippen molar-refractivity contribution in [1.29, 1.82) is 0 Å². The highest BCUT2D eigenvalue weighted by Crippen LogP contribution is 2.41. The van der Waals surface area contributed by atoms with Crippen molar-refractivity contribution < 1.29 is 41.0 Å². The average Bonchev–Trinajstić information content (AvgIpc) is 3.20. The van der Waals surface area contributed by atoms with E-state index in [0.29, 0.717) is 22.3 Å². The summed E-state index contributed by atoms with van der Waals surface area (Å²) in [5.41, 5.74) is -2.04. The van der Waals surface area contributed by atoms with E-state index in [1.807, 2.05) is 0 Å². The molecule has 4 aromatic rings. The molecule has 1 N–H and O–H groups in total. The molecule has 0 amide bonds. The van der Waals surface area contributed by atoms with Gasteiger partial charge in [-0.05, 0) is 42.5 Å². The molecule has 0 saturated carbocycles. The van der Waals surface area contributed by atoms with Gasteiger partial charge in [0.05, 0.1) is 26.9 Å². The fraction of sp³-hybridized carbons (Fsp3) is 0.130. The Balaban J connectivity index is 1.82. The lowest BCUT2D eigenvalue weighted by atomic mass is 10.0. The van der Waals surface area contributed by atoms with Gasteiger partial charge in [-0.1, -0.05) is 24.3 Å². The first-order valence-corrected chi connectivity index (χ1v) is 10.4. The zero-order chi connectivity index (χ0) is 24.7. The molecule has 0 bridgehead atoms. The van der Waals surface area contributed by atoms with Gasteiger partial charge in [-0.25, -0.2) is 9.78 Å². The third-order valence-corrected chi connectivity index (χ3v) is 5.89. The molecule has 1 atom stereocenters. The number of halogens is 6. The summed E-state index contributed by atoms with van der Waals surface area (Å²) in [5, 5.41) is 9.78. The molecule has 0 spiro atoms. The SMILES string of the molecule is O=C(O)C(Oc1ccc(C(F)(F)F)cc1-c1nc2ccccc2s1)c1cccc(C(F)(F)F)c1. The van der Waals surface area contributed by atoms with E-state index in [9.17, 15) is 36.2 Å². The van der Waals surface area contributed by atoms with Gasteiger partial charge in [0.2, 0.25) is 6.10 Å². The van der Waals surface area contributed by atoms with E-state index in [1.165, 1.54) is 0 Å². The second kappa shape index (κ2) is 8.64. The van der Waals surface area contributed by atoms with Crippen LogP contribution in [-0.2, 0) is 17.1 Å². The summed E-state index contributed by atoms with van der Waals surface area (Å²) < 4.78 is 85.6. The summed E-state index contributed by atoms with van der Waals surface area (Å²) >= 11 is 1.07. The van der Waals surface area contributed by atoms with Crippen LogP contribution in [0.3, 0.4) is 0 Å². The summed E-state index contributed by atoms with van der Waals surface area (Å²) in [6, 6.07) is 12.8. The maximum Gasteiger partial charge on any atom is 0.416 e. The van der Waals surface area contributed by atoms with Gasteiger partial charge in [0.15, 0.2) is 0 Å². The minimum Gasteiger partial charge on any atom is -0.478 e. The number of alkyl halides is 6. The first-order chi connectivity index (χ1) is 15.9. The lowest BCUT2D eigenvalue weighted by Gasteiger charge is -2.19. The number of carboxylic acid groups (broad SMARTS) is 1. The summed E-state index contributed by atoms with van der Waals surface area (Å²) in [6.45, 7) is 0. The molecule has 4 rings (SSSR count). The fourth-order valence-corrected chi connectivity index (χ4v) is 4.22. The number of nitrogens with zero attached hydrogens (tertiary/aromatic N) is 1. The number of carboxylic acids is 1. The molecule has 0 fully saturated rings. The highest BCUT2D eigenvalue weighted by atomic mass is 32.1. The van der Waals surface area contributed by atoms with Gasteiger partial charge < -0.3 is 9.84 Å². The van der Waals surface area contributed by atoms with E-state index < -0.39 is 35.6 Å². The summed E-state index contributed by atoms with van der Waals surface area (Å²) in [4.78, 5) is 16.2. The van der Waals surface area contributed by atoms with Crippen LogP contribution in [0.25, 0.3) is 20.8 Å². The number of aliphatic carboxylic acids is 1. The highest BCUT2D eigenvalue weighted by Gasteiger charge is 2.34. The Hall–Kier alpha value is -3.60. The van der Waals surface area contributed by atoms with Gasteiger partial charge in [0, 0.05) is 5.56 Å². The molecule has 4 nitrogen and oxygen atoms in total. The third-order valence-electron chi connectivity index (χ3n) is 4.82. The summed E-state index contributed by atoms with van der Waals surface area (Å²) in [6.07, 6.45) is -11.3. The molecular weight excluding hydrogens is 484 g/mol. The molecule has 0 aliphatic carbocycles. The molecule has 0 aliphatic rings. The molecule has 176 valence electrons. The Bertz CT molecular complexity index is 1330. The minimum absolute atomic E-state index is 0.130. The number of benzene rings is 3. The van der Waals surface area contributed by atoms with Crippen molar-refractivity contribution in [2.24, 2.45) is 0 Å². The third kappa shape index (κ3) is 4.84. The molecule has 0 aliphatic heterocycles. The molecule has 1 aromatic heterocycles. The number of ether oxygens (including phenoxy) is 1. The van der Waals surface area contributed by atoms with Crippen LogP contribution >= 0.6 is 11.3 Å². The number of carbonyl (C=O) groups is 1. The van der Waals surface area contributed by atoms with Crippen molar-refractivity contribution in [3.05, 3.63) is 83.4 Å². The predicted octanol–water partition coefficient (Wildman–Crippen LogP) is 7.21. The first kappa shape index (κ1) is 23.6. The molecule has 0 radical (unpaired) electrons. The van der Waals surface area contributed by atoms with Crippen molar-refractivity contribution in [2.75, 3.05) is 0 Å². The van der Waals surface area contributed by atoms with Crippen LogP contribution in [0.5, 0.6) is 5.75 Å². The second-order valence-corrected chi connectivity index (χ2v) is 8.19. The molecule has 0 saturated heterocycles. The van der Waals surface area contributed by atoms with Gasteiger partial charge in [-0.15, -0.1) is 11.3 Å². The maximum absolute atomic E-state index is 13.4. The quantitative estimate of drug-likeness (QED) is 0.296. The van der Waals surface area contributed by atoms with Crippen LogP contribution in [-0.4, -0.2) is 16.1 Å². The van der Waals surface area contributed by atoms with Crippen LogP contribution < -0.4 is 4.74 Å². The summed E-state index contributed by atoms with van der Waals surface area (Å²) in [5.74, 6) is -1.88. The zero-order valence-corrected chi connectivity index (χ0v) is 17.6. The Morgan fingerprint density at radius 3 is 2.21 bits per heavy atom. The number of fused-ring (bicyclic) bond motifs is 1. The molecule has 1 unspecified atom stereocenters. The highest BCUT2D eigenvalue weighted by molar-refractivity contribution is 7.21.